The molecule has 2 saturated heterocycles. The summed E-state index contributed by atoms with van der Waals surface area (Å²) in [6.45, 7) is 8.70. The Morgan fingerprint density at radius 2 is 1.17 bits per heavy atom. The molecular formula is C50H71Cl2N3O8. The summed E-state index contributed by atoms with van der Waals surface area (Å²) in [7, 11) is 10.2. The van der Waals surface area contributed by atoms with Crippen LogP contribution in [0.15, 0.2) is 41.4 Å². The van der Waals surface area contributed by atoms with Gasteiger partial charge in [-0.15, -0.1) is 24.8 Å². The van der Waals surface area contributed by atoms with Gasteiger partial charge in [0.2, 0.25) is 0 Å². The summed E-state index contributed by atoms with van der Waals surface area (Å²) < 4.78 is 38.6. The second kappa shape index (κ2) is 22.2. The number of ether oxygens (including phenoxy) is 7. The van der Waals surface area contributed by atoms with Gasteiger partial charge in [-0.2, -0.15) is 0 Å². The summed E-state index contributed by atoms with van der Waals surface area (Å²) in [6, 6.07) is 13.3. The summed E-state index contributed by atoms with van der Waals surface area (Å²) in [5, 5.41) is 3.66. The van der Waals surface area contributed by atoms with Gasteiger partial charge < -0.3 is 43.4 Å². The molecule has 1 amide bonds. The number of likely N-dealkylation sites (tertiary alicyclic amines) is 1. The fourth-order valence-electron chi connectivity index (χ4n) is 10.7. The molecule has 13 heteroatoms. The number of hydrogen-bond donors (Lipinski definition) is 1. The van der Waals surface area contributed by atoms with Crippen molar-refractivity contribution in [2.24, 2.45) is 22.7 Å². The van der Waals surface area contributed by atoms with E-state index >= 15 is 0 Å². The lowest BCUT2D eigenvalue weighted by Gasteiger charge is -2.44. The fourth-order valence-corrected chi connectivity index (χ4v) is 10.7. The molecule has 3 aliphatic heterocycles. The van der Waals surface area contributed by atoms with Crippen molar-refractivity contribution in [3.63, 3.8) is 0 Å². The zero-order valence-electron chi connectivity index (χ0n) is 38.9. The average molecular weight is 913 g/mol. The van der Waals surface area contributed by atoms with E-state index in [0.29, 0.717) is 17.9 Å². The molecule has 3 aromatic carbocycles. The third-order valence-electron chi connectivity index (χ3n) is 13.6. The van der Waals surface area contributed by atoms with Gasteiger partial charge >= 0.3 is 6.09 Å². The summed E-state index contributed by atoms with van der Waals surface area (Å²) in [6.07, 6.45) is 13.1. The van der Waals surface area contributed by atoms with Gasteiger partial charge in [0, 0.05) is 59.9 Å². The van der Waals surface area contributed by atoms with Gasteiger partial charge in [-0.05, 0) is 145 Å². The van der Waals surface area contributed by atoms with Crippen molar-refractivity contribution in [2.45, 2.75) is 116 Å². The molecule has 11 nitrogen and oxygen atoms in total. The molecule has 63 heavy (non-hydrogen) atoms. The van der Waals surface area contributed by atoms with Gasteiger partial charge in [0.15, 0.2) is 34.5 Å². The molecule has 1 N–H and O–H groups in total. The zero-order chi connectivity index (χ0) is 43.3. The van der Waals surface area contributed by atoms with E-state index in [0.717, 1.165) is 105 Å². The van der Waals surface area contributed by atoms with E-state index in [2.05, 4.69) is 23.5 Å². The number of rotatable bonds is 6. The first kappa shape index (κ1) is 49.9. The molecule has 3 aromatic rings. The normalized spacial score (nSPS) is 22.7. The molecule has 3 heterocycles. The molecule has 0 bridgehead atoms. The van der Waals surface area contributed by atoms with Crippen LogP contribution in [0, 0.1) is 17.8 Å². The highest BCUT2D eigenvalue weighted by atomic mass is 35.5. The van der Waals surface area contributed by atoms with Crippen LogP contribution < -0.4 is 33.7 Å². The number of carbonyl (C=O) groups excluding carboxylic acids is 1. The van der Waals surface area contributed by atoms with Crippen molar-refractivity contribution in [1.82, 2.24) is 10.2 Å². The van der Waals surface area contributed by atoms with Crippen LogP contribution in [0.5, 0.6) is 34.5 Å². The number of hydrogen-bond acceptors (Lipinski definition) is 10. The van der Waals surface area contributed by atoms with E-state index in [1.54, 1.807) is 42.7 Å². The predicted molar refractivity (Wildman–Crippen MR) is 254 cm³/mol. The van der Waals surface area contributed by atoms with E-state index in [1.165, 1.54) is 71.3 Å². The largest absolute Gasteiger partial charge is 0.493 e. The first-order chi connectivity index (χ1) is 29.5. The molecule has 0 spiro atoms. The van der Waals surface area contributed by atoms with Crippen molar-refractivity contribution in [3.05, 3.63) is 69.8 Å². The number of nitrogens with zero attached hydrogens (tertiary/aromatic N) is 2. The number of fused-ring (bicyclic) bond motifs is 6. The summed E-state index contributed by atoms with van der Waals surface area (Å²) in [5.74, 6) is 6.99. The molecule has 348 valence electrons. The molecule has 9 rings (SSSR count). The van der Waals surface area contributed by atoms with Crippen molar-refractivity contribution < 1.29 is 38.0 Å². The lowest BCUT2D eigenvalue weighted by atomic mass is 9.75. The number of piperidine rings is 2. The van der Waals surface area contributed by atoms with E-state index in [-0.39, 0.29) is 36.9 Å². The molecule has 0 saturated carbocycles. The van der Waals surface area contributed by atoms with Crippen LogP contribution in [-0.4, -0.2) is 96.7 Å². The van der Waals surface area contributed by atoms with Crippen molar-refractivity contribution in [3.8, 4) is 34.5 Å². The molecule has 6 aliphatic rings. The highest BCUT2D eigenvalue weighted by Crippen LogP contribution is 2.44. The Kier molecular flexibility index (Phi) is 17.6. The van der Waals surface area contributed by atoms with Gasteiger partial charge in [-0.1, -0.05) is 18.2 Å². The first-order valence-electron chi connectivity index (χ1n) is 22.4. The number of methoxy groups -OCH3 is 6. The van der Waals surface area contributed by atoms with Crippen molar-refractivity contribution in [2.75, 3.05) is 62.3 Å². The molecule has 0 radical (unpaired) electrons. The molecule has 0 aromatic heterocycles. The van der Waals surface area contributed by atoms with Crippen LogP contribution in [-0.2, 0) is 43.3 Å². The Balaban J connectivity index is 0.000000179. The zero-order valence-corrected chi connectivity index (χ0v) is 40.6. The van der Waals surface area contributed by atoms with Crippen LogP contribution in [0.2, 0.25) is 0 Å². The van der Waals surface area contributed by atoms with Crippen LogP contribution in [0.4, 0.5) is 4.79 Å². The first-order valence-corrected chi connectivity index (χ1v) is 22.4. The lowest BCUT2D eigenvalue weighted by Crippen LogP contribution is -2.53. The quantitative estimate of drug-likeness (QED) is 0.259. The summed E-state index contributed by atoms with van der Waals surface area (Å²) >= 11 is 0. The smallest absolute Gasteiger partial charge is 0.410 e. The van der Waals surface area contributed by atoms with Crippen LogP contribution >= 0.6 is 24.8 Å². The minimum atomic E-state index is -0.465. The number of aliphatic imine (C=N–C) groups is 1. The van der Waals surface area contributed by atoms with Gasteiger partial charge in [-0.25, -0.2) is 4.79 Å². The molecule has 3 aliphatic carbocycles. The topological polar surface area (TPSA) is 109 Å². The van der Waals surface area contributed by atoms with Gasteiger partial charge in [0.05, 0.1) is 42.7 Å². The van der Waals surface area contributed by atoms with Crippen molar-refractivity contribution in [1.29, 1.82) is 0 Å². The molecular weight excluding hydrogens is 841 g/mol. The van der Waals surface area contributed by atoms with Crippen LogP contribution in [0.1, 0.15) is 92.7 Å². The summed E-state index contributed by atoms with van der Waals surface area (Å²) in [4.78, 5) is 19.3. The Labute approximate surface area is 388 Å². The Morgan fingerprint density at radius 1 is 0.635 bits per heavy atom. The Bertz CT molecular complexity index is 2050. The lowest BCUT2D eigenvalue weighted by molar-refractivity contribution is -0.00145. The maximum atomic E-state index is 12.7. The highest BCUT2D eigenvalue weighted by molar-refractivity contribution is 5.91. The third-order valence-corrected chi connectivity index (χ3v) is 13.6. The second-order valence-electron chi connectivity index (χ2n) is 18.3. The third kappa shape index (κ3) is 11.1. The second-order valence-corrected chi connectivity index (χ2v) is 18.3. The minimum absolute atomic E-state index is 0. The number of carbonyl (C=O) groups is 1. The van der Waals surface area contributed by atoms with Gasteiger partial charge in [-0.3, -0.25) is 4.99 Å². The van der Waals surface area contributed by atoms with E-state index in [4.69, 9.17) is 38.2 Å². The monoisotopic (exact) mass is 911 g/mol. The molecule has 5 atom stereocenters. The van der Waals surface area contributed by atoms with E-state index < -0.39 is 5.60 Å². The van der Waals surface area contributed by atoms with E-state index in [1.807, 2.05) is 43.9 Å². The molecule has 5 unspecified atom stereocenters. The SMILES string of the molecule is COc1ccc2c(c1OC)CC1CCCN(C(=O)OC(C)(C)C)C1C2.COc1ccc2c(c1OC)CC1CCCN=C1C2.COc1ccc2c(c1OC)CC1CCCNC1C2.Cl.Cl. The van der Waals surface area contributed by atoms with Crippen LogP contribution in [0.25, 0.3) is 0 Å². The maximum Gasteiger partial charge on any atom is 0.410 e. The highest BCUT2D eigenvalue weighted by Gasteiger charge is 2.41. The van der Waals surface area contributed by atoms with Gasteiger partial charge in [0.1, 0.15) is 5.60 Å². The average Bonchev–Trinajstić information content (AvgIpc) is 3.27. The maximum absolute atomic E-state index is 12.7. The van der Waals surface area contributed by atoms with Gasteiger partial charge in [0.25, 0.3) is 0 Å². The number of nitrogens with one attached hydrogen (secondary N) is 1. The molecule has 2 fully saturated rings. The summed E-state index contributed by atoms with van der Waals surface area (Å²) in [5.41, 5.74) is 8.86. The number of amides is 1. The Morgan fingerprint density at radius 3 is 1.75 bits per heavy atom. The number of halogens is 2. The number of benzene rings is 3. The minimum Gasteiger partial charge on any atom is -0.493 e. The van der Waals surface area contributed by atoms with E-state index in [9.17, 15) is 4.79 Å². The van der Waals surface area contributed by atoms with Crippen molar-refractivity contribution >= 4 is 36.6 Å². The fraction of sp³-hybridized carbons (Fsp3) is 0.600. The Hall–Kier alpha value is -4.06. The standard InChI is InChI=1S/C20H29NO4.C15H21NO2.C15H19NO2.2ClH/c1-20(2,3)25-19(22)21-10-6-7-14-11-15-13(12-16(14)21)8-9-17(23-4)18(15)24-5;2*1-17-14-6-5-10-9-13-11(4-3-7-16-13)8-12(10)15(14)18-2;;/h8-9,14,16H,6-7,10-12H2,1-5H3;5-6,11,13,16H,3-4,7-9H2,1-2H3;5-6,11H,3-4,7-9H2,1-2H3;2*1H. The predicted octanol–water partition coefficient (Wildman–Crippen LogP) is 9.49. The van der Waals surface area contributed by atoms with Crippen LogP contribution in [0.3, 0.4) is 0 Å².